The van der Waals surface area contributed by atoms with E-state index in [9.17, 15) is 4.39 Å². The van der Waals surface area contributed by atoms with Gasteiger partial charge in [0.15, 0.2) is 11.6 Å². The van der Waals surface area contributed by atoms with E-state index in [0.29, 0.717) is 13.2 Å². The molecule has 0 aliphatic carbocycles. The molecule has 0 bridgehead atoms. The van der Waals surface area contributed by atoms with Crippen molar-refractivity contribution >= 4 is 11.3 Å². The molecule has 0 aliphatic rings. The summed E-state index contributed by atoms with van der Waals surface area (Å²) < 4.78 is 19.2. The van der Waals surface area contributed by atoms with Crippen LogP contribution in [0, 0.1) is 5.82 Å². The van der Waals surface area contributed by atoms with Crippen LogP contribution in [-0.2, 0) is 13.2 Å². The predicted molar refractivity (Wildman–Crippen MR) is 70.2 cm³/mol. The molecule has 0 radical (unpaired) electrons. The van der Waals surface area contributed by atoms with Crippen LogP contribution in [0.5, 0.6) is 5.75 Å². The first kappa shape index (κ1) is 13.0. The van der Waals surface area contributed by atoms with Crippen molar-refractivity contribution in [1.29, 1.82) is 0 Å². The maximum Gasteiger partial charge on any atom is 0.165 e. The number of nitrogens with one attached hydrogen (secondary N) is 1. The highest BCUT2D eigenvalue weighted by molar-refractivity contribution is 7.09. The van der Waals surface area contributed by atoms with Crippen LogP contribution in [0.3, 0.4) is 0 Å². The Labute approximate surface area is 110 Å². The van der Waals surface area contributed by atoms with Crippen LogP contribution in [0.15, 0.2) is 29.9 Å². The zero-order valence-corrected chi connectivity index (χ0v) is 11.0. The van der Waals surface area contributed by atoms with E-state index in [1.54, 1.807) is 17.8 Å². The Kier molecular flexibility index (Phi) is 4.66. The topological polar surface area (TPSA) is 34.1 Å². The minimum atomic E-state index is -0.324. The molecule has 0 atom stereocenters. The molecule has 0 amide bonds. The molecule has 1 heterocycles. The number of thiazole rings is 1. The summed E-state index contributed by atoms with van der Waals surface area (Å²) in [6.45, 7) is 3.91. The lowest BCUT2D eigenvalue weighted by Gasteiger charge is -2.08. The zero-order valence-electron chi connectivity index (χ0n) is 10.1. The Balaban J connectivity index is 1.96. The minimum absolute atomic E-state index is 0.281. The molecule has 0 aliphatic heterocycles. The van der Waals surface area contributed by atoms with Gasteiger partial charge in [0.1, 0.15) is 6.61 Å². The number of rotatable bonds is 6. The molecule has 1 aromatic carbocycles. The van der Waals surface area contributed by atoms with E-state index in [2.05, 4.69) is 10.3 Å². The fourth-order valence-corrected chi connectivity index (χ4v) is 2.01. The number of benzene rings is 1. The molecular formula is C13H15FN2OS. The number of hydrogen-bond acceptors (Lipinski definition) is 4. The number of halogens is 1. The van der Waals surface area contributed by atoms with Crippen molar-refractivity contribution in [1.82, 2.24) is 10.3 Å². The van der Waals surface area contributed by atoms with Gasteiger partial charge in [-0.25, -0.2) is 4.39 Å². The van der Waals surface area contributed by atoms with Gasteiger partial charge in [0.2, 0.25) is 0 Å². The van der Waals surface area contributed by atoms with Crippen molar-refractivity contribution in [2.75, 3.05) is 6.54 Å². The summed E-state index contributed by atoms with van der Waals surface area (Å²) in [5.41, 5.74) is 2.65. The van der Waals surface area contributed by atoms with Crippen LogP contribution in [-0.4, -0.2) is 11.5 Å². The molecule has 0 fully saturated rings. The second-order valence-corrected chi connectivity index (χ2v) is 4.77. The summed E-state index contributed by atoms with van der Waals surface area (Å²) in [6, 6.07) is 5.04. The Hall–Kier alpha value is -1.46. The Morgan fingerprint density at radius 1 is 1.44 bits per heavy atom. The average Bonchev–Trinajstić information content (AvgIpc) is 2.88. The molecule has 2 aromatic rings. The maximum absolute atomic E-state index is 13.7. The monoisotopic (exact) mass is 266 g/mol. The summed E-state index contributed by atoms with van der Waals surface area (Å²) in [5.74, 6) is -0.0430. The largest absolute Gasteiger partial charge is 0.485 e. The zero-order chi connectivity index (χ0) is 12.8. The lowest BCUT2D eigenvalue weighted by Crippen LogP contribution is -2.11. The van der Waals surface area contributed by atoms with Crippen LogP contribution in [0.2, 0.25) is 0 Å². The first-order valence-corrected chi connectivity index (χ1v) is 6.67. The Morgan fingerprint density at radius 2 is 2.33 bits per heavy atom. The quantitative estimate of drug-likeness (QED) is 0.873. The van der Waals surface area contributed by atoms with Crippen LogP contribution in [0.1, 0.15) is 17.4 Å². The summed E-state index contributed by atoms with van der Waals surface area (Å²) >= 11 is 1.49. The summed E-state index contributed by atoms with van der Waals surface area (Å²) in [4.78, 5) is 4.92. The van der Waals surface area contributed by atoms with Crippen LogP contribution >= 0.6 is 11.3 Å². The molecule has 1 aromatic heterocycles. The highest BCUT2D eigenvalue weighted by atomic mass is 32.1. The summed E-state index contributed by atoms with van der Waals surface area (Å²) in [6.07, 6.45) is 1.72. The molecule has 5 heteroatoms. The van der Waals surface area contributed by atoms with Gasteiger partial charge in [-0.15, -0.1) is 11.3 Å². The second kappa shape index (κ2) is 6.47. The van der Waals surface area contributed by atoms with E-state index >= 15 is 0 Å². The molecule has 0 spiro atoms. The average molecular weight is 266 g/mol. The van der Waals surface area contributed by atoms with Crippen molar-refractivity contribution < 1.29 is 9.13 Å². The van der Waals surface area contributed by atoms with Gasteiger partial charge in [-0.05, 0) is 24.2 Å². The van der Waals surface area contributed by atoms with Gasteiger partial charge in [0.05, 0.1) is 10.4 Å². The lowest BCUT2D eigenvalue weighted by atomic mass is 10.2. The molecule has 1 N–H and O–H groups in total. The standard InChI is InChI=1S/C13H15FN2OS/c1-2-15-6-10-3-4-13(12(14)5-10)17-8-11-7-16-9-18-11/h3-5,7,9,15H,2,6,8H2,1H3. The molecule has 0 saturated heterocycles. The highest BCUT2D eigenvalue weighted by Gasteiger charge is 2.05. The van der Waals surface area contributed by atoms with Gasteiger partial charge in [-0.3, -0.25) is 4.98 Å². The van der Waals surface area contributed by atoms with E-state index in [1.807, 2.05) is 13.0 Å². The molecular weight excluding hydrogens is 251 g/mol. The molecule has 2 rings (SSSR count). The minimum Gasteiger partial charge on any atom is -0.485 e. The van der Waals surface area contributed by atoms with Crippen molar-refractivity contribution in [3.8, 4) is 5.75 Å². The van der Waals surface area contributed by atoms with Crippen molar-refractivity contribution in [3.05, 3.63) is 46.2 Å². The Bertz CT molecular complexity index is 488. The molecule has 0 saturated carbocycles. The lowest BCUT2D eigenvalue weighted by molar-refractivity contribution is 0.293. The normalized spacial score (nSPS) is 10.6. The van der Waals surface area contributed by atoms with E-state index in [-0.39, 0.29) is 11.6 Å². The van der Waals surface area contributed by atoms with Crippen molar-refractivity contribution in [2.24, 2.45) is 0 Å². The third-order valence-electron chi connectivity index (χ3n) is 2.43. The maximum atomic E-state index is 13.7. The van der Waals surface area contributed by atoms with E-state index in [4.69, 9.17) is 4.74 Å². The fraction of sp³-hybridized carbons (Fsp3) is 0.308. The van der Waals surface area contributed by atoms with Gasteiger partial charge < -0.3 is 10.1 Å². The Morgan fingerprint density at radius 3 is 3.00 bits per heavy atom. The molecule has 3 nitrogen and oxygen atoms in total. The number of aromatic nitrogens is 1. The van der Waals surface area contributed by atoms with Gasteiger partial charge in [0.25, 0.3) is 0 Å². The molecule has 18 heavy (non-hydrogen) atoms. The second-order valence-electron chi connectivity index (χ2n) is 3.80. The third-order valence-corrected chi connectivity index (χ3v) is 3.18. The van der Waals surface area contributed by atoms with Crippen LogP contribution in [0.25, 0.3) is 0 Å². The first-order valence-electron chi connectivity index (χ1n) is 5.79. The van der Waals surface area contributed by atoms with Gasteiger partial charge >= 0.3 is 0 Å². The van der Waals surface area contributed by atoms with Gasteiger partial charge in [-0.2, -0.15) is 0 Å². The summed E-state index contributed by atoms with van der Waals surface area (Å²) in [7, 11) is 0. The van der Waals surface area contributed by atoms with Crippen molar-refractivity contribution in [3.63, 3.8) is 0 Å². The smallest absolute Gasteiger partial charge is 0.165 e. The van der Waals surface area contributed by atoms with E-state index < -0.39 is 0 Å². The molecule has 0 unspecified atom stereocenters. The van der Waals surface area contributed by atoms with Gasteiger partial charge in [-0.1, -0.05) is 13.0 Å². The van der Waals surface area contributed by atoms with Crippen LogP contribution in [0.4, 0.5) is 4.39 Å². The van der Waals surface area contributed by atoms with Crippen molar-refractivity contribution in [2.45, 2.75) is 20.1 Å². The fourth-order valence-electron chi connectivity index (χ4n) is 1.50. The first-order chi connectivity index (χ1) is 8.79. The number of ether oxygens (including phenoxy) is 1. The third kappa shape index (κ3) is 3.51. The molecule has 96 valence electrons. The number of hydrogen-bond donors (Lipinski definition) is 1. The predicted octanol–water partition coefficient (Wildman–Crippen LogP) is 2.97. The van der Waals surface area contributed by atoms with E-state index in [0.717, 1.165) is 17.0 Å². The SMILES string of the molecule is CCNCc1ccc(OCc2cncs2)c(F)c1. The van der Waals surface area contributed by atoms with Gasteiger partial charge in [0, 0.05) is 12.7 Å². The van der Waals surface area contributed by atoms with E-state index in [1.165, 1.54) is 17.4 Å². The highest BCUT2D eigenvalue weighted by Crippen LogP contribution is 2.20. The number of nitrogens with zero attached hydrogens (tertiary/aromatic N) is 1. The summed E-state index contributed by atoms with van der Waals surface area (Å²) in [5, 5.41) is 3.15. The van der Waals surface area contributed by atoms with Crippen LogP contribution < -0.4 is 10.1 Å².